The molecule has 0 aromatic carbocycles. The van der Waals surface area contributed by atoms with Crippen LogP contribution in [0.25, 0.3) is 0 Å². The molecule has 0 saturated heterocycles. The van der Waals surface area contributed by atoms with Crippen molar-refractivity contribution in [3.63, 3.8) is 0 Å². The summed E-state index contributed by atoms with van der Waals surface area (Å²) in [5, 5.41) is 8.10. The average molecular weight is 305 g/mol. The van der Waals surface area contributed by atoms with Crippen LogP contribution < -0.4 is 5.73 Å². The van der Waals surface area contributed by atoms with E-state index in [2.05, 4.69) is 0 Å². The van der Waals surface area contributed by atoms with Crippen LogP contribution >= 0.6 is 15.2 Å². The van der Waals surface area contributed by atoms with Gasteiger partial charge in [0.25, 0.3) is 5.08 Å². The molecule has 0 aliphatic rings. The number of hydrogen-bond donors (Lipinski definition) is 2. The maximum absolute atomic E-state index is 12.4. The fourth-order valence-corrected chi connectivity index (χ4v) is 6.01. The molecule has 0 atom stereocenters. The molecule has 0 spiro atoms. The van der Waals surface area contributed by atoms with E-state index in [-0.39, 0.29) is 19.4 Å². The largest absolute Gasteiger partial charge is 0.374 e. The van der Waals surface area contributed by atoms with Crippen LogP contribution in [-0.4, -0.2) is 45.2 Å². The van der Waals surface area contributed by atoms with Crippen molar-refractivity contribution in [3.05, 3.63) is 0 Å². The summed E-state index contributed by atoms with van der Waals surface area (Å²) < 4.78 is 43.6. The SMILES string of the molecule is COP(=O)(OC)C(O)(CCCN)P(=O)(OC)OC. The van der Waals surface area contributed by atoms with Crippen LogP contribution in [0, 0.1) is 0 Å². The highest BCUT2D eigenvalue weighted by molar-refractivity contribution is 7.73. The first-order valence-corrected chi connectivity index (χ1v) is 8.25. The molecule has 0 aromatic rings. The van der Waals surface area contributed by atoms with E-state index in [0.717, 1.165) is 28.4 Å². The maximum atomic E-state index is 12.4. The molecule has 0 bridgehead atoms. The van der Waals surface area contributed by atoms with Crippen LogP contribution in [-0.2, 0) is 27.2 Å². The molecule has 0 fully saturated rings. The number of rotatable bonds is 9. The van der Waals surface area contributed by atoms with Gasteiger partial charge in [0.2, 0.25) is 0 Å². The molecular formula is C8H21NO7P2. The van der Waals surface area contributed by atoms with E-state index < -0.39 is 20.3 Å². The Bertz CT molecular complexity index is 306. The van der Waals surface area contributed by atoms with Crippen LogP contribution in [0.1, 0.15) is 12.8 Å². The van der Waals surface area contributed by atoms with Gasteiger partial charge in [-0.3, -0.25) is 9.13 Å². The van der Waals surface area contributed by atoms with Gasteiger partial charge in [-0.15, -0.1) is 0 Å². The minimum absolute atomic E-state index is 0.198. The van der Waals surface area contributed by atoms with Crippen molar-refractivity contribution in [2.75, 3.05) is 35.0 Å². The Morgan fingerprint density at radius 1 is 1.00 bits per heavy atom. The second-order valence-electron chi connectivity index (χ2n) is 3.39. The van der Waals surface area contributed by atoms with Gasteiger partial charge in [-0.2, -0.15) is 0 Å². The fourth-order valence-electron chi connectivity index (χ4n) is 1.50. The van der Waals surface area contributed by atoms with Crippen LogP contribution in [0.5, 0.6) is 0 Å². The maximum Gasteiger partial charge on any atom is 0.374 e. The lowest BCUT2D eigenvalue weighted by Crippen LogP contribution is -2.32. The summed E-state index contributed by atoms with van der Waals surface area (Å²) in [4.78, 5) is 0. The van der Waals surface area contributed by atoms with Crippen molar-refractivity contribution in [1.29, 1.82) is 0 Å². The summed E-state index contributed by atoms with van der Waals surface area (Å²) in [7, 11) is -3.89. The first-order valence-electron chi connectivity index (χ1n) is 5.16. The quantitative estimate of drug-likeness (QED) is 0.613. The fraction of sp³-hybridized carbons (Fsp3) is 1.00. The van der Waals surface area contributed by atoms with E-state index in [9.17, 15) is 14.2 Å². The van der Waals surface area contributed by atoms with Gasteiger partial charge in [-0.25, -0.2) is 0 Å². The van der Waals surface area contributed by atoms with E-state index in [1.54, 1.807) is 0 Å². The van der Waals surface area contributed by atoms with E-state index in [1.165, 1.54) is 0 Å². The standard InChI is InChI=1S/C8H21NO7P2/c1-13-17(11,14-2)8(10,6-5-7-9)18(12,15-3)16-4/h10H,5-7,9H2,1-4H3. The van der Waals surface area contributed by atoms with Crippen molar-refractivity contribution >= 4 is 15.2 Å². The Morgan fingerprint density at radius 2 is 1.33 bits per heavy atom. The minimum atomic E-state index is -4.10. The molecule has 0 radical (unpaired) electrons. The number of aliphatic hydroxyl groups is 1. The van der Waals surface area contributed by atoms with Gasteiger partial charge in [-0.05, 0) is 13.0 Å². The normalized spacial score (nSPS) is 13.9. The highest BCUT2D eigenvalue weighted by Gasteiger charge is 2.63. The highest BCUT2D eigenvalue weighted by Crippen LogP contribution is 2.77. The molecule has 0 unspecified atom stereocenters. The summed E-state index contributed by atoms with van der Waals surface area (Å²) in [6.45, 7) is 0.198. The van der Waals surface area contributed by atoms with Gasteiger partial charge < -0.3 is 28.9 Å². The molecule has 3 N–H and O–H groups in total. The molecular weight excluding hydrogens is 284 g/mol. The summed E-state index contributed by atoms with van der Waals surface area (Å²) in [5.41, 5.74) is 5.33. The minimum Gasteiger partial charge on any atom is -0.368 e. The van der Waals surface area contributed by atoms with Gasteiger partial charge in [0.05, 0.1) is 0 Å². The Hall–Kier alpha value is 0.220. The molecule has 8 nitrogen and oxygen atoms in total. The molecule has 110 valence electrons. The van der Waals surface area contributed by atoms with E-state index in [1.807, 2.05) is 0 Å². The summed E-state index contributed by atoms with van der Waals surface area (Å²) in [6, 6.07) is 0. The van der Waals surface area contributed by atoms with Gasteiger partial charge in [0.1, 0.15) is 0 Å². The Balaban J connectivity index is 5.71. The first kappa shape index (κ1) is 18.2. The molecule has 0 aliphatic heterocycles. The second-order valence-corrected chi connectivity index (χ2v) is 8.67. The first-order chi connectivity index (χ1) is 8.30. The molecule has 10 heteroatoms. The smallest absolute Gasteiger partial charge is 0.368 e. The second kappa shape index (κ2) is 7.12. The van der Waals surface area contributed by atoms with Gasteiger partial charge in [0, 0.05) is 34.9 Å². The van der Waals surface area contributed by atoms with Crippen molar-refractivity contribution < 1.29 is 32.3 Å². The third-order valence-electron chi connectivity index (χ3n) is 2.55. The van der Waals surface area contributed by atoms with E-state index in [0.29, 0.717) is 0 Å². The zero-order valence-corrected chi connectivity index (χ0v) is 12.8. The van der Waals surface area contributed by atoms with Crippen molar-refractivity contribution in [2.24, 2.45) is 5.73 Å². The molecule has 18 heavy (non-hydrogen) atoms. The molecule has 0 aromatic heterocycles. The topological polar surface area (TPSA) is 117 Å². The predicted octanol–water partition coefficient (Wildman–Crippen LogP) is 1.34. The van der Waals surface area contributed by atoms with Crippen LogP contribution in [0.4, 0.5) is 0 Å². The highest BCUT2D eigenvalue weighted by atomic mass is 31.2. The number of hydrogen-bond acceptors (Lipinski definition) is 8. The predicted molar refractivity (Wildman–Crippen MR) is 66.5 cm³/mol. The van der Waals surface area contributed by atoms with Crippen molar-refractivity contribution in [1.82, 2.24) is 0 Å². The molecule has 0 rings (SSSR count). The lowest BCUT2D eigenvalue weighted by Gasteiger charge is -2.36. The lowest BCUT2D eigenvalue weighted by atomic mass is 10.3. The third kappa shape index (κ3) is 3.03. The van der Waals surface area contributed by atoms with Crippen molar-refractivity contribution in [2.45, 2.75) is 17.9 Å². The van der Waals surface area contributed by atoms with Gasteiger partial charge in [0.15, 0.2) is 0 Å². The average Bonchev–Trinajstić information content (AvgIpc) is 2.42. The zero-order valence-electron chi connectivity index (χ0n) is 11.0. The van der Waals surface area contributed by atoms with Gasteiger partial charge >= 0.3 is 15.2 Å². The van der Waals surface area contributed by atoms with Crippen LogP contribution in [0.3, 0.4) is 0 Å². The van der Waals surface area contributed by atoms with E-state index >= 15 is 0 Å². The van der Waals surface area contributed by atoms with Gasteiger partial charge in [-0.1, -0.05) is 0 Å². The van der Waals surface area contributed by atoms with Crippen molar-refractivity contribution in [3.8, 4) is 0 Å². The molecule has 0 saturated carbocycles. The molecule has 0 aliphatic carbocycles. The van der Waals surface area contributed by atoms with Crippen LogP contribution in [0.2, 0.25) is 0 Å². The number of nitrogens with two attached hydrogens (primary N) is 1. The summed E-state index contributed by atoms with van der Waals surface area (Å²) in [5.74, 6) is 0. The molecule has 0 heterocycles. The lowest BCUT2D eigenvalue weighted by molar-refractivity contribution is 0.0961. The monoisotopic (exact) mass is 305 g/mol. The zero-order chi connectivity index (χ0) is 14.4. The Morgan fingerprint density at radius 3 is 1.56 bits per heavy atom. The summed E-state index contributed by atoms with van der Waals surface area (Å²) in [6.07, 6.45) is 0.0331. The van der Waals surface area contributed by atoms with E-state index in [4.69, 9.17) is 23.8 Å². The third-order valence-corrected chi connectivity index (χ3v) is 8.15. The molecule has 0 amide bonds. The Labute approximate surface area is 107 Å². The summed E-state index contributed by atoms with van der Waals surface area (Å²) >= 11 is 0. The van der Waals surface area contributed by atoms with Crippen LogP contribution in [0.15, 0.2) is 0 Å². The Kier molecular flexibility index (Phi) is 7.21.